The molecule has 3 heterocycles. The van der Waals surface area contributed by atoms with Crippen molar-refractivity contribution in [3.05, 3.63) is 0 Å². The quantitative estimate of drug-likeness (QED) is 0.596. The van der Waals surface area contributed by atoms with Gasteiger partial charge in [0, 0.05) is 38.7 Å². The molecule has 0 amide bonds. The molecule has 3 aliphatic heterocycles. The van der Waals surface area contributed by atoms with Crippen LogP contribution in [0, 0.1) is 11.3 Å². The van der Waals surface area contributed by atoms with Crippen molar-refractivity contribution < 1.29 is 13.2 Å². The lowest BCUT2D eigenvalue weighted by Gasteiger charge is -2.45. The molecule has 1 spiro atoms. The second-order valence-corrected chi connectivity index (χ2v) is 9.61. The number of hydrogen-bond donors (Lipinski definition) is 1. The summed E-state index contributed by atoms with van der Waals surface area (Å²) in [5.74, 6) is 1.78. The van der Waals surface area contributed by atoms with E-state index in [0.717, 1.165) is 45.1 Å². The number of ether oxygens (including phenoxy) is 1. The minimum atomic E-state index is -2.81. The van der Waals surface area contributed by atoms with Gasteiger partial charge in [0.25, 0.3) is 0 Å². The minimum absolute atomic E-state index is 0.216. The zero-order valence-electron chi connectivity index (χ0n) is 14.1. The third-order valence-electron chi connectivity index (χ3n) is 5.45. The molecular weight excluding hydrogens is 314 g/mol. The third-order valence-corrected chi connectivity index (χ3v) is 7.29. The fourth-order valence-corrected chi connectivity index (χ4v) is 6.08. The zero-order chi connectivity index (χ0) is 16.3. The molecule has 0 aromatic heterocycles. The molecule has 0 radical (unpaired) electrons. The van der Waals surface area contributed by atoms with Gasteiger partial charge < -0.3 is 15.0 Å². The highest BCUT2D eigenvalue weighted by Gasteiger charge is 2.38. The SMILES string of the molecule is CN=C(NCC1CCS(=O)(=O)C1)N1CCCC2(CCCOC2)C1. The molecule has 3 aliphatic rings. The molecule has 0 aliphatic carbocycles. The topological polar surface area (TPSA) is 71.0 Å². The Balaban J connectivity index is 1.55. The van der Waals surface area contributed by atoms with Crippen LogP contribution in [0.5, 0.6) is 0 Å². The summed E-state index contributed by atoms with van der Waals surface area (Å²) in [5.41, 5.74) is 0.283. The highest BCUT2D eigenvalue weighted by atomic mass is 32.2. The Labute approximate surface area is 139 Å². The molecule has 2 unspecified atom stereocenters. The second kappa shape index (κ2) is 6.97. The first-order chi connectivity index (χ1) is 11.0. The molecule has 132 valence electrons. The van der Waals surface area contributed by atoms with Gasteiger partial charge in [0.05, 0.1) is 18.1 Å². The summed E-state index contributed by atoms with van der Waals surface area (Å²) in [6, 6.07) is 0. The van der Waals surface area contributed by atoms with Gasteiger partial charge in [-0.1, -0.05) is 0 Å². The van der Waals surface area contributed by atoms with E-state index >= 15 is 0 Å². The lowest BCUT2D eigenvalue weighted by molar-refractivity contribution is -0.0370. The minimum Gasteiger partial charge on any atom is -0.381 e. The fraction of sp³-hybridized carbons (Fsp3) is 0.938. The van der Waals surface area contributed by atoms with E-state index in [2.05, 4.69) is 15.2 Å². The van der Waals surface area contributed by atoms with Crippen molar-refractivity contribution in [3.63, 3.8) is 0 Å². The van der Waals surface area contributed by atoms with E-state index in [1.165, 1.54) is 19.3 Å². The molecule has 0 aromatic rings. The first kappa shape index (κ1) is 17.0. The average Bonchev–Trinajstić information content (AvgIpc) is 2.88. The zero-order valence-corrected chi connectivity index (χ0v) is 14.9. The Kier molecular flexibility index (Phi) is 5.16. The van der Waals surface area contributed by atoms with Crippen LogP contribution in [0.4, 0.5) is 0 Å². The summed E-state index contributed by atoms with van der Waals surface area (Å²) < 4.78 is 28.9. The van der Waals surface area contributed by atoms with E-state index < -0.39 is 9.84 Å². The van der Waals surface area contributed by atoms with Crippen LogP contribution >= 0.6 is 0 Å². The van der Waals surface area contributed by atoms with Crippen molar-refractivity contribution in [3.8, 4) is 0 Å². The van der Waals surface area contributed by atoms with E-state index in [1.54, 1.807) is 0 Å². The first-order valence-electron chi connectivity index (χ1n) is 8.76. The predicted octanol–water partition coefficient (Wildman–Crippen LogP) is 0.889. The van der Waals surface area contributed by atoms with E-state index in [-0.39, 0.29) is 11.3 Å². The molecule has 7 heteroatoms. The number of likely N-dealkylation sites (tertiary alicyclic amines) is 1. The van der Waals surface area contributed by atoms with E-state index in [9.17, 15) is 8.42 Å². The lowest BCUT2D eigenvalue weighted by Crippen LogP contribution is -2.53. The molecule has 1 N–H and O–H groups in total. The largest absolute Gasteiger partial charge is 0.381 e. The molecule has 3 rings (SSSR count). The van der Waals surface area contributed by atoms with Gasteiger partial charge in [0.2, 0.25) is 0 Å². The van der Waals surface area contributed by atoms with E-state index in [4.69, 9.17) is 4.74 Å². The van der Waals surface area contributed by atoms with E-state index in [0.29, 0.717) is 18.1 Å². The second-order valence-electron chi connectivity index (χ2n) is 7.38. The molecule has 3 saturated heterocycles. The standard InChI is InChI=1S/C16H29N3O3S/c1-17-15(18-10-14-4-9-23(20,21)11-14)19-7-2-5-16(12-19)6-3-8-22-13-16/h14H,2-13H2,1H3,(H,17,18). The maximum atomic E-state index is 11.6. The Bertz CT molecular complexity index is 535. The van der Waals surface area contributed by atoms with Gasteiger partial charge in [-0.25, -0.2) is 8.42 Å². The Morgan fingerprint density at radius 3 is 2.87 bits per heavy atom. The molecule has 3 fully saturated rings. The summed E-state index contributed by atoms with van der Waals surface area (Å²) in [4.78, 5) is 6.76. The number of aliphatic imine (C=N–C) groups is 1. The number of piperidine rings is 1. The summed E-state index contributed by atoms with van der Waals surface area (Å²) in [7, 11) is -0.995. The third kappa shape index (κ3) is 4.18. The molecule has 6 nitrogen and oxygen atoms in total. The molecule has 2 atom stereocenters. The van der Waals surface area contributed by atoms with Gasteiger partial charge in [-0.3, -0.25) is 4.99 Å². The van der Waals surface area contributed by atoms with Crippen molar-refractivity contribution in [2.24, 2.45) is 16.3 Å². The molecule has 0 aromatic carbocycles. The highest BCUT2D eigenvalue weighted by molar-refractivity contribution is 7.91. The number of rotatable bonds is 2. The van der Waals surface area contributed by atoms with Crippen LogP contribution in [0.1, 0.15) is 32.1 Å². The van der Waals surface area contributed by atoms with Crippen LogP contribution in [0.15, 0.2) is 4.99 Å². The smallest absolute Gasteiger partial charge is 0.193 e. The van der Waals surface area contributed by atoms with Crippen LogP contribution < -0.4 is 5.32 Å². The Hall–Kier alpha value is -0.820. The van der Waals surface area contributed by atoms with Crippen molar-refractivity contribution in [2.45, 2.75) is 32.1 Å². The van der Waals surface area contributed by atoms with Gasteiger partial charge >= 0.3 is 0 Å². The van der Waals surface area contributed by atoms with Crippen LogP contribution in [-0.2, 0) is 14.6 Å². The average molecular weight is 343 g/mol. The maximum absolute atomic E-state index is 11.6. The number of nitrogens with one attached hydrogen (secondary N) is 1. The molecule has 0 saturated carbocycles. The van der Waals surface area contributed by atoms with Crippen molar-refractivity contribution in [1.29, 1.82) is 0 Å². The number of nitrogens with zero attached hydrogens (tertiary/aromatic N) is 2. The van der Waals surface area contributed by atoms with Gasteiger partial charge in [-0.2, -0.15) is 0 Å². The summed E-state index contributed by atoms with van der Waals surface area (Å²) >= 11 is 0. The first-order valence-corrected chi connectivity index (χ1v) is 10.6. The maximum Gasteiger partial charge on any atom is 0.193 e. The van der Waals surface area contributed by atoms with Crippen LogP contribution in [0.3, 0.4) is 0 Å². The van der Waals surface area contributed by atoms with Crippen LogP contribution in [-0.4, -0.2) is 70.7 Å². The van der Waals surface area contributed by atoms with Gasteiger partial charge in [0.1, 0.15) is 0 Å². The number of guanidine groups is 1. The lowest BCUT2D eigenvalue weighted by atomic mass is 9.76. The number of sulfone groups is 1. The molecule has 0 bridgehead atoms. The Morgan fingerprint density at radius 1 is 1.39 bits per heavy atom. The van der Waals surface area contributed by atoms with Crippen molar-refractivity contribution in [1.82, 2.24) is 10.2 Å². The van der Waals surface area contributed by atoms with E-state index in [1.807, 2.05) is 7.05 Å². The fourth-order valence-electron chi connectivity index (χ4n) is 4.22. The van der Waals surface area contributed by atoms with Crippen LogP contribution in [0.25, 0.3) is 0 Å². The van der Waals surface area contributed by atoms with Gasteiger partial charge in [0.15, 0.2) is 15.8 Å². The highest BCUT2D eigenvalue weighted by Crippen LogP contribution is 2.37. The monoisotopic (exact) mass is 343 g/mol. The normalized spacial score (nSPS) is 34.7. The molecular formula is C16H29N3O3S. The molecule has 23 heavy (non-hydrogen) atoms. The number of hydrogen-bond acceptors (Lipinski definition) is 4. The van der Waals surface area contributed by atoms with Crippen molar-refractivity contribution in [2.75, 3.05) is 51.4 Å². The van der Waals surface area contributed by atoms with Crippen molar-refractivity contribution >= 4 is 15.8 Å². The Morgan fingerprint density at radius 2 is 2.22 bits per heavy atom. The summed E-state index contributed by atoms with van der Waals surface area (Å²) in [5, 5.41) is 3.41. The van der Waals surface area contributed by atoms with Crippen LogP contribution in [0.2, 0.25) is 0 Å². The predicted molar refractivity (Wildman–Crippen MR) is 91.4 cm³/mol. The van der Waals surface area contributed by atoms with Gasteiger partial charge in [-0.05, 0) is 38.0 Å². The van der Waals surface area contributed by atoms with Gasteiger partial charge in [-0.15, -0.1) is 0 Å². The summed E-state index contributed by atoms with van der Waals surface area (Å²) in [6.45, 7) is 4.47. The summed E-state index contributed by atoms with van der Waals surface area (Å²) in [6.07, 6.45) is 5.56.